The number of fused-ring (bicyclic) bond motifs is 1. The molecule has 0 amide bonds. The van der Waals surface area contributed by atoms with Gasteiger partial charge in [0, 0.05) is 10.9 Å². The van der Waals surface area contributed by atoms with Crippen LogP contribution in [-0.2, 0) is 0 Å². The number of ether oxygens (including phenoxy) is 1. The molecule has 2 heteroatoms. The minimum Gasteiger partial charge on any atom is -0.488 e. The molecule has 2 aromatic rings. The van der Waals surface area contributed by atoms with Crippen LogP contribution in [0.15, 0.2) is 36.4 Å². The highest BCUT2D eigenvalue weighted by molar-refractivity contribution is 6.00. The predicted octanol–water partition coefficient (Wildman–Crippen LogP) is 4.22. The summed E-state index contributed by atoms with van der Waals surface area (Å²) in [6, 6.07) is 11.6. The van der Waals surface area contributed by atoms with Crippen LogP contribution in [0.25, 0.3) is 10.8 Å². The molecule has 94 valence electrons. The number of rotatable bonds is 2. The Hall–Kier alpha value is -1.83. The van der Waals surface area contributed by atoms with Gasteiger partial charge in [-0.1, -0.05) is 24.3 Å². The van der Waals surface area contributed by atoms with Crippen LogP contribution in [0.4, 0.5) is 0 Å². The maximum atomic E-state index is 11.4. The zero-order chi connectivity index (χ0) is 13.3. The van der Waals surface area contributed by atoms with Crippen LogP contribution in [0.1, 0.15) is 38.1 Å². The lowest BCUT2D eigenvalue weighted by atomic mass is 10.0. The highest BCUT2D eigenvalue weighted by Gasteiger charge is 2.14. The van der Waals surface area contributed by atoms with Crippen molar-refractivity contribution < 1.29 is 9.53 Å². The number of hydrogen-bond acceptors (Lipinski definition) is 2. The van der Waals surface area contributed by atoms with Crippen molar-refractivity contribution >= 4 is 16.6 Å². The number of carbonyl (C=O) groups is 1. The van der Waals surface area contributed by atoms with Crippen molar-refractivity contribution in [2.45, 2.75) is 33.3 Å². The Morgan fingerprint density at radius 3 is 2.44 bits per heavy atom. The number of benzene rings is 2. The number of carbonyl (C=O) groups excluding carboxylic acids is 1. The molecule has 0 heterocycles. The molecule has 0 atom stereocenters. The lowest BCUT2D eigenvalue weighted by Gasteiger charge is -2.22. The fraction of sp³-hybridized carbons (Fsp3) is 0.312. The Morgan fingerprint density at radius 1 is 1.11 bits per heavy atom. The Labute approximate surface area is 108 Å². The first-order valence-corrected chi connectivity index (χ1v) is 6.09. The third kappa shape index (κ3) is 2.70. The molecule has 18 heavy (non-hydrogen) atoms. The molecule has 0 aromatic heterocycles. The van der Waals surface area contributed by atoms with Gasteiger partial charge in [-0.2, -0.15) is 0 Å². The van der Waals surface area contributed by atoms with Gasteiger partial charge in [0.2, 0.25) is 0 Å². The largest absolute Gasteiger partial charge is 0.488 e. The van der Waals surface area contributed by atoms with Gasteiger partial charge in [0.15, 0.2) is 5.78 Å². The third-order valence-electron chi connectivity index (χ3n) is 2.66. The molecule has 0 aliphatic rings. The summed E-state index contributed by atoms with van der Waals surface area (Å²) >= 11 is 0. The molecule has 0 saturated heterocycles. The summed E-state index contributed by atoms with van der Waals surface area (Å²) in [4.78, 5) is 11.4. The van der Waals surface area contributed by atoms with E-state index in [0.717, 1.165) is 16.5 Å². The number of hydrogen-bond donors (Lipinski definition) is 0. The van der Waals surface area contributed by atoms with Crippen molar-refractivity contribution in [3.05, 3.63) is 42.0 Å². The van der Waals surface area contributed by atoms with Crippen molar-refractivity contribution in [3.63, 3.8) is 0 Å². The third-order valence-corrected chi connectivity index (χ3v) is 2.66. The molecule has 0 N–H and O–H groups in total. The first kappa shape index (κ1) is 12.6. The number of Topliss-reactive ketones (excluding diaryl/α,β-unsaturated/α-hetero) is 1. The van der Waals surface area contributed by atoms with E-state index in [1.807, 2.05) is 57.2 Å². The summed E-state index contributed by atoms with van der Waals surface area (Å²) in [5.41, 5.74) is 0.466. The summed E-state index contributed by atoms with van der Waals surface area (Å²) < 4.78 is 5.94. The fourth-order valence-corrected chi connectivity index (χ4v) is 1.88. The van der Waals surface area contributed by atoms with Gasteiger partial charge in [0.25, 0.3) is 0 Å². The Morgan fingerprint density at radius 2 is 1.83 bits per heavy atom. The van der Waals surface area contributed by atoms with Crippen LogP contribution in [-0.4, -0.2) is 11.4 Å². The Balaban J connectivity index is 2.59. The molecule has 0 bridgehead atoms. The van der Waals surface area contributed by atoms with Crippen molar-refractivity contribution in [1.82, 2.24) is 0 Å². The summed E-state index contributed by atoms with van der Waals surface area (Å²) in [7, 11) is 0. The second kappa shape index (κ2) is 4.45. The molecule has 0 aliphatic heterocycles. The molecule has 0 radical (unpaired) electrons. The summed E-state index contributed by atoms with van der Waals surface area (Å²) in [5, 5.41) is 2.07. The van der Waals surface area contributed by atoms with E-state index in [4.69, 9.17) is 4.74 Å². The molecule has 0 saturated carbocycles. The normalized spacial score (nSPS) is 11.6. The second-order valence-electron chi connectivity index (χ2n) is 5.46. The minimum absolute atomic E-state index is 0.0717. The molecule has 0 unspecified atom stereocenters. The van der Waals surface area contributed by atoms with Crippen molar-refractivity contribution in [3.8, 4) is 5.75 Å². The molecule has 2 nitrogen and oxygen atoms in total. The topological polar surface area (TPSA) is 26.3 Å². The van der Waals surface area contributed by atoms with Crippen molar-refractivity contribution in [1.29, 1.82) is 0 Å². The van der Waals surface area contributed by atoms with E-state index in [-0.39, 0.29) is 11.4 Å². The fourth-order valence-electron chi connectivity index (χ4n) is 1.88. The van der Waals surface area contributed by atoms with Crippen LogP contribution in [0.5, 0.6) is 5.75 Å². The standard InChI is InChI=1S/C16H18O2/c1-11(17)13-9-8-12-6-5-7-15(14(12)10-13)18-16(2,3)4/h5-10H,1-4H3. The molecule has 2 rings (SSSR count). The van der Waals surface area contributed by atoms with Gasteiger partial charge in [-0.3, -0.25) is 4.79 Å². The van der Waals surface area contributed by atoms with Crippen LogP contribution in [0, 0.1) is 0 Å². The van der Waals surface area contributed by atoms with Crippen molar-refractivity contribution in [2.24, 2.45) is 0 Å². The van der Waals surface area contributed by atoms with E-state index >= 15 is 0 Å². The molecule has 0 spiro atoms. The second-order valence-corrected chi connectivity index (χ2v) is 5.46. The first-order valence-electron chi connectivity index (χ1n) is 6.09. The van der Waals surface area contributed by atoms with E-state index in [2.05, 4.69) is 0 Å². The van der Waals surface area contributed by atoms with Crippen LogP contribution < -0.4 is 4.74 Å². The zero-order valence-electron chi connectivity index (χ0n) is 11.3. The van der Waals surface area contributed by atoms with Gasteiger partial charge >= 0.3 is 0 Å². The van der Waals surface area contributed by atoms with E-state index in [1.54, 1.807) is 6.92 Å². The monoisotopic (exact) mass is 242 g/mol. The maximum absolute atomic E-state index is 11.4. The zero-order valence-corrected chi connectivity index (χ0v) is 11.3. The quantitative estimate of drug-likeness (QED) is 0.737. The molecule has 0 aliphatic carbocycles. The molecular formula is C16H18O2. The molecular weight excluding hydrogens is 224 g/mol. The average Bonchev–Trinajstić information content (AvgIpc) is 2.26. The van der Waals surface area contributed by atoms with E-state index in [1.165, 1.54) is 0 Å². The average molecular weight is 242 g/mol. The van der Waals surface area contributed by atoms with E-state index in [9.17, 15) is 4.79 Å². The van der Waals surface area contributed by atoms with Crippen LogP contribution in [0.3, 0.4) is 0 Å². The van der Waals surface area contributed by atoms with E-state index in [0.29, 0.717) is 5.56 Å². The van der Waals surface area contributed by atoms with Crippen LogP contribution in [0.2, 0.25) is 0 Å². The van der Waals surface area contributed by atoms with E-state index < -0.39 is 0 Å². The molecule has 2 aromatic carbocycles. The summed E-state index contributed by atoms with van der Waals surface area (Å²) in [6.45, 7) is 7.62. The smallest absolute Gasteiger partial charge is 0.159 e. The predicted molar refractivity (Wildman–Crippen MR) is 74.3 cm³/mol. The lowest BCUT2D eigenvalue weighted by molar-refractivity contribution is 0.101. The minimum atomic E-state index is -0.249. The van der Waals surface area contributed by atoms with Gasteiger partial charge in [-0.25, -0.2) is 0 Å². The van der Waals surface area contributed by atoms with Crippen LogP contribution >= 0.6 is 0 Å². The lowest BCUT2D eigenvalue weighted by Crippen LogP contribution is -2.23. The van der Waals surface area contributed by atoms with Gasteiger partial charge in [0.1, 0.15) is 11.4 Å². The summed E-state index contributed by atoms with van der Waals surface area (Å²) in [6.07, 6.45) is 0. The molecule has 0 fully saturated rings. The highest BCUT2D eigenvalue weighted by Crippen LogP contribution is 2.29. The summed E-state index contributed by atoms with van der Waals surface area (Å²) in [5.74, 6) is 0.894. The highest BCUT2D eigenvalue weighted by atomic mass is 16.5. The van der Waals surface area contributed by atoms with Gasteiger partial charge in [-0.15, -0.1) is 0 Å². The Kier molecular flexibility index (Phi) is 3.12. The first-order chi connectivity index (χ1) is 8.37. The number of ketones is 1. The van der Waals surface area contributed by atoms with Gasteiger partial charge in [0.05, 0.1) is 0 Å². The van der Waals surface area contributed by atoms with Gasteiger partial charge in [-0.05, 0) is 45.2 Å². The van der Waals surface area contributed by atoms with Gasteiger partial charge < -0.3 is 4.74 Å². The maximum Gasteiger partial charge on any atom is 0.159 e. The SMILES string of the molecule is CC(=O)c1ccc2cccc(OC(C)(C)C)c2c1. The Bertz CT molecular complexity index is 592. The van der Waals surface area contributed by atoms with Crippen molar-refractivity contribution in [2.75, 3.05) is 0 Å².